The second kappa shape index (κ2) is 5.87. The SMILES string of the molecule is COc1ccc(N)cc1CNC(=O)c1ccc(=O)[nH]n1. The van der Waals surface area contributed by atoms with Gasteiger partial charge in [0.15, 0.2) is 0 Å². The third-order valence-electron chi connectivity index (χ3n) is 2.66. The predicted octanol–water partition coefficient (Wildman–Crippen LogP) is 0.291. The van der Waals surface area contributed by atoms with E-state index in [2.05, 4.69) is 15.5 Å². The van der Waals surface area contributed by atoms with Gasteiger partial charge in [-0.1, -0.05) is 0 Å². The van der Waals surface area contributed by atoms with Crippen molar-refractivity contribution >= 4 is 11.6 Å². The molecule has 20 heavy (non-hydrogen) atoms. The van der Waals surface area contributed by atoms with Crippen molar-refractivity contribution in [2.75, 3.05) is 12.8 Å². The fourth-order valence-corrected chi connectivity index (χ4v) is 1.67. The van der Waals surface area contributed by atoms with Crippen LogP contribution < -0.4 is 21.3 Å². The van der Waals surface area contributed by atoms with Gasteiger partial charge in [-0.05, 0) is 24.3 Å². The Bertz CT molecular complexity index is 661. The summed E-state index contributed by atoms with van der Waals surface area (Å²) < 4.78 is 5.18. The zero-order valence-corrected chi connectivity index (χ0v) is 10.8. The summed E-state index contributed by atoms with van der Waals surface area (Å²) >= 11 is 0. The Morgan fingerprint density at radius 3 is 2.85 bits per heavy atom. The summed E-state index contributed by atoms with van der Waals surface area (Å²) in [7, 11) is 1.54. The summed E-state index contributed by atoms with van der Waals surface area (Å²) in [5.41, 5.74) is 6.80. The van der Waals surface area contributed by atoms with E-state index in [1.54, 1.807) is 25.3 Å². The maximum Gasteiger partial charge on any atom is 0.271 e. The summed E-state index contributed by atoms with van der Waals surface area (Å²) in [6.45, 7) is 0.244. The van der Waals surface area contributed by atoms with E-state index >= 15 is 0 Å². The highest BCUT2D eigenvalue weighted by Gasteiger charge is 2.09. The van der Waals surface area contributed by atoms with Crippen LogP contribution in [0.4, 0.5) is 5.69 Å². The average molecular weight is 274 g/mol. The zero-order valence-electron chi connectivity index (χ0n) is 10.8. The number of nitrogens with zero attached hydrogens (tertiary/aromatic N) is 1. The standard InChI is InChI=1S/C13H14N4O3/c1-20-11-4-2-9(14)6-8(11)7-15-13(19)10-3-5-12(18)17-16-10/h2-6H,7,14H2,1H3,(H,15,19)(H,17,18). The first kappa shape index (κ1) is 13.6. The Kier molecular flexibility index (Phi) is 3.99. The van der Waals surface area contributed by atoms with Crippen LogP contribution in [0.1, 0.15) is 16.1 Å². The molecule has 104 valence electrons. The molecule has 4 N–H and O–H groups in total. The maximum atomic E-state index is 11.8. The van der Waals surface area contributed by atoms with Crippen LogP contribution in [0.5, 0.6) is 5.75 Å². The highest BCUT2D eigenvalue weighted by Crippen LogP contribution is 2.20. The summed E-state index contributed by atoms with van der Waals surface area (Å²) in [4.78, 5) is 22.7. The lowest BCUT2D eigenvalue weighted by molar-refractivity contribution is 0.0944. The first-order valence-electron chi connectivity index (χ1n) is 5.86. The number of hydrogen-bond donors (Lipinski definition) is 3. The van der Waals surface area contributed by atoms with Crippen LogP contribution in [0.15, 0.2) is 35.1 Å². The molecule has 2 rings (SSSR count). The van der Waals surface area contributed by atoms with Crippen LogP contribution in [0.25, 0.3) is 0 Å². The Balaban J connectivity index is 2.08. The van der Waals surface area contributed by atoms with Gasteiger partial charge in [0.25, 0.3) is 11.5 Å². The van der Waals surface area contributed by atoms with Crippen molar-refractivity contribution in [2.45, 2.75) is 6.54 Å². The van der Waals surface area contributed by atoms with Gasteiger partial charge in [-0.15, -0.1) is 0 Å². The van der Waals surface area contributed by atoms with E-state index in [1.165, 1.54) is 12.1 Å². The molecule has 0 aliphatic heterocycles. The first-order chi connectivity index (χ1) is 9.60. The quantitative estimate of drug-likeness (QED) is 0.694. The lowest BCUT2D eigenvalue weighted by Gasteiger charge is -2.10. The number of hydrogen-bond acceptors (Lipinski definition) is 5. The Morgan fingerprint density at radius 2 is 2.20 bits per heavy atom. The molecule has 0 unspecified atom stereocenters. The number of nitrogens with one attached hydrogen (secondary N) is 2. The number of H-pyrrole nitrogens is 1. The van der Waals surface area contributed by atoms with Crippen LogP contribution in [0.3, 0.4) is 0 Å². The smallest absolute Gasteiger partial charge is 0.271 e. The van der Waals surface area contributed by atoms with Crippen molar-refractivity contribution in [1.82, 2.24) is 15.5 Å². The number of ether oxygens (including phenoxy) is 1. The molecular weight excluding hydrogens is 260 g/mol. The fraction of sp³-hybridized carbons (Fsp3) is 0.154. The molecule has 0 saturated heterocycles. The van der Waals surface area contributed by atoms with Crippen molar-refractivity contribution < 1.29 is 9.53 Å². The number of nitrogen functional groups attached to an aromatic ring is 1. The van der Waals surface area contributed by atoms with Crippen LogP contribution in [-0.4, -0.2) is 23.2 Å². The number of nitrogens with two attached hydrogens (primary N) is 1. The molecule has 7 heteroatoms. The lowest BCUT2D eigenvalue weighted by Crippen LogP contribution is -2.25. The van der Waals surface area contributed by atoms with Crippen molar-refractivity contribution in [3.05, 3.63) is 51.9 Å². The molecule has 0 saturated carbocycles. The summed E-state index contributed by atoms with van der Waals surface area (Å²) in [5, 5.41) is 8.52. The minimum absolute atomic E-state index is 0.132. The molecule has 0 radical (unpaired) electrons. The van der Waals surface area contributed by atoms with Crippen molar-refractivity contribution in [3.63, 3.8) is 0 Å². The topological polar surface area (TPSA) is 110 Å². The van der Waals surface area contributed by atoms with Gasteiger partial charge >= 0.3 is 0 Å². The number of aromatic nitrogens is 2. The molecule has 0 aliphatic carbocycles. The molecule has 7 nitrogen and oxygen atoms in total. The van der Waals surface area contributed by atoms with E-state index in [9.17, 15) is 9.59 Å². The van der Waals surface area contributed by atoms with E-state index in [4.69, 9.17) is 10.5 Å². The van der Waals surface area contributed by atoms with E-state index in [0.29, 0.717) is 11.4 Å². The Labute approximate surface area is 114 Å². The number of methoxy groups -OCH3 is 1. The minimum atomic E-state index is -0.397. The predicted molar refractivity (Wildman–Crippen MR) is 73.4 cm³/mol. The van der Waals surface area contributed by atoms with E-state index in [1.807, 2.05) is 0 Å². The molecule has 1 amide bonds. The number of rotatable bonds is 4. The van der Waals surface area contributed by atoms with Gasteiger partial charge in [-0.2, -0.15) is 5.10 Å². The lowest BCUT2D eigenvalue weighted by atomic mass is 10.1. The minimum Gasteiger partial charge on any atom is -0.496 e. The van der Waals surface area contributed by atoms with Gasteiger partial charge in [-0.25, -0.2) is 5.10 Å². The number of aromatic amines is 1. The molecule has 1 aromatic heterocycles. The highest BCUT2D eigenvalue weighted by molar-refractivity contribution is 5.91. The molecule has 0 spiro atoms. The van der Waals surface area contributed by atoms with Crippen LogP contribution in [0.2, 0.25) is 0 Å². The zero-order chi connectivity index (χ0) is 14.5. The largest absolute Gasteiger partial charge is 0.496 e. The van der Waals surface area contributed by atoms with Crippen LogP contribution in [0, 0.1) is 0 Å². The van der Waals surface area contributed by atoms with Crippen molar-refractivity contribution in [3.8, 4) is 5.75 Å². The Morgan fingerprint density at radius 1 is 1.40 bits per heavy atom. The van der Waals surface area contributed by atoms with E-state index < -0.39 is 5.91 Å². The van der Waals surface area contributed by atoms with Crippen molar-refractivity contribution in [1.29, 1.82) is 0 Å². The fourth-order valence-electron chi connectivity index (χ4n) is 1.67. The summed E-state index contributed by atoms with van der Waals surface area (Å²) in [6.07, 6.45) is 0. The van der Waals surface area contributed by atoms with Crippen LogP contribution in [-0.2, 0) is 6.54 Å². The Hall–Kier alpha value is -2.83. The second-order valence-electron chi connectivity index (χ2n) is 4.06. The average Bonchev–Trinajstić information content (AvgIpc) is 2.45. The van der Waals surface area contributed by atoms with Gasteiger partial charge in [0.2, 0.25) is 0 Å². The number of carbonyl (C=O) groups is 1. The molecule has 0 aliphatic rings. The third-order valence-corrected chi connectivity index (χ3v) is 2.66. The first-order valence-corrected chi connectivity index (χ1v) is 5.86. The molecule has 1 heterocycles. The number of anilines is 1. The van der Waals surface area contributed by atoms with E-state index in [-0.39, 0.29) is 17.8 Å². The van der Waals surface area contributed by atoms with Gasteiger partial charge in [0.05, 0.1) is 7.11 Å². The molecule has 0 fully saturated rings. The molecular formula is C13H14N4O3. The van der Waals surface area contributed by atoms with E-state index in [0.717, 1.165) is 5.56 Å². The number of carbonyl (C=O) groups excluding carboxylic acids is 1. The monoisotopic (exact) mass is 274 g/mol. The number of amides is 1. The van der Waals surface area contributed by atoms with Crippen LogP contribution >= 0.6 is 0 Å². The van der Waals surface area contributed by atoms with Gasteiger partial charge < -0.3 is 15.8 Å². The summed E-state index contributed by atoms with van der Waals surface area (Å²) in [5.74, 6) is 0.236. The third kappa shape index (κ3) is 3.14. The molecule has 0 bridgehead atoms. The van der Waals surface area contributed by atoms with Gasteiger partial charge in [0.1, 0.15) is 11.4 Å². The molecule has 1 aromatic carbocycles. The van der Waals surface area contributed by atoms with Gasteiger partial charge in [0, 0.05) is 23.9 Å². The second-order valence-corrected chi connectivity index (χ2v) is 4.06. The van der Waals surface area contributed by atoms with Gasteiger partial charge in [-0.3, -0.25) is 9.59 Å². The number of benzene rings is 1. The summed E-state index contributed by atoms with van der Waals surface area (Å²) in [6, 6.07) is 7.76. The van der Waals surface area contributed by atoms with Crippen molar-refractivity contribution in [2.24, 2.45) is 0 Å². The molecule has 0 atom stereocenters. The normalized spacial score (nSPS) is 10.1. The highest BCUT2D eigenvalue weighted by atomic mass is 16.5. The maximum absolute atomic E-state index is 11.8. The molecule has 2 aromatic rings.